The van der Waals surface area contributed by atoms with Gasteiger partial charge in [-0.15, -0.1) is 0 Å². The topological polar surface area (TPSA) is 31.2 Å². The number of hydrogen-bond donors (Lipinski definition) is 0. The standard InChI is InChI=1S/C15H19NO2/c1-15(2,3)18-14(17)10-11-5-6-13-12(9-11)7-8-16(13)4/h5-9H,10H2,1-4H3. The van der Waals surface area contributed by atoms with Crippen molar-refractivity contribution in [3.05, 3.63) is 36.0 Å². The van der Waals surface area contributed by atoms with Crippen LogP contribution in [0.25, 0.3) is 10.9 Å². The molecular formula is C15H19NO2. The number of aryl methyl sites for hydroxylation is 1. The van der Waals surface area contributed by atoms with Crippen molar-refractivity contribution in [2.24, 2.45) is 7.05 Å². The molecule has 0 unspecified atom stereocenters. The van der Waals surface area contributed by atoms with Crippen LogP contribution in [0.15, 0.2) is 30.5 Å². The van der Waals surface area contributed by atoms with E-state index in [2.05, 4.69) is 4.57 Å². The smallest absolute Gasteiger partial charge is 0.310 e. The molecule has 2 aromatic rings. The molecule has 0 aliphatic heterocycles. The Morgan fingerprint density at radius 2 is 2.00 bits per heavy atom. The minimum atomic E-state index is -0.423. The number of benzene rings is 1. The van der Waals surface area contributed by atoms with Crippen LogP contribution in [-0.2, 0) is 23.0 Å². The first-order valence-electron chi connectivity index (χ1n) is 6.11. The molecule has 2 rings (SSSR count). The highest BCUT2D eigenvalue weighted by Crippen LogP contribution is 2.18. The van der Waals surface area contributed by atoms with E-state index in [1.807, 2.05) is 58.3 Å². The number of carbonyl (C=O) groups excluding carboxylic acids is 1. The molecule has 1 aromatic carbocycles. The summed E-state index contributed by atoms with van der Waals surface area (Å²) in [5.41, 5.74) is 1.74. The lowest BCUT2D eigenvalue weighted by atomic mass is 10.1. The van der Waals surface area contributed by atoms with Crippen LogP contribution in [0.1, 0.15) is 26.3 Å². The van der Waals surface area contributed by atoms with Gasteiger partial charge in [-0.3, -0.25) is 4.79 Å². The van der Waals surface area contributed by atoms with Crippen molar-refractivity contribution in [3.8, 4) is 0 Å². The van der Waals surface area contributed by atoms with Crippen molar-refractivity contribution >= 4 is 16.9 Å². The summed E-state index contributed by atoms with van der Waals surface area (Å²) in [6, 6.07) is 8.11. The molecule has 0 aliphatic carbocycles. The molecule has 0 saturated heterocycles. The second-order valence-electron chi connectivity index (χ2n) is 5.58. The second-order valence-corrected chi connectivity index (χ2v) is 5.58. The molecular weight excluding hydrogens is 226 g/mol. The van der Waals surface area contributed by atoms with Crippen LogP contribution in [0.2, 0.25) is 0 Å². The van der Waals surface area contributed by atoms with Crippen LogP contribution in [0, 0.1) is 0 Å². The molecule has 0 radical (unpaired) electrons. The zero-order valence-corrected chi connectivity index (χ0v) is 11.4. The molecule has 18 heavy (non-hydrogen) atoms. The van der Waals surface area contributed by atoms with Crippen molar-refractivity contribution in [3.63, 3.8) is 0 Å². The maximum Gasteiger partial charge on any atom is 0.310 e. The van der Waals surface area contributed by atoms with E-state index in [0.717, 1.165) is 10.9 Å². The van der Waals surface area contributed by atoms with E-state index in [-0.39, 0.29) is 5.97 Å². The van der Waals surface area contributed by atoms with Gasteiger partial charge in [-0.25, -0.2) is 0 Å². The van der Waals surface area contributed by atoms with Gasteiger partial charge in [0, 0.05) is 18.8 Å². The van der Waals surface area contributed by atoms with Crippen LogP contribution in [0.5, 0.6) is 0 Å². The molecule has 96 valence electrons. The number of rotatable bonds is 2. The third kappa shape index (κ3) is 2.92. The maximum absolute atomic E-state index is 11.7. The summed E-state index contributed by atoms with van der Waals surface area (Å²) in [6.07, 6.45) is 2.34. The molecule has 0 fully saturated rings. The minimum absolute atomic E-state index is 0.183. The van der Waals surface area contributed by atoms with E-state index in [0.29, 0.717) is 6.42 Å². The van der Waals surface area contributed by atoms with Gasteiger partial charge in [-0.2, -0.15) is 0 Å². The molecule has 0 saturated carbocycles. The highest BCUT2D eigenvalue weighted by Gasteiger charge is 2.16. The van der Waals surface area contributed by atoms with Crippen molar-refractivity contribution in [1.82, 2.24) is 4.57 Å². The number of nitrogens with zero attached hydrogens (tertiary/aromatic N) is 1. The van der Waals surface area contributed by atoms with Crippen LogP contribution >= 0.6 is 0 Å². The van der Waals surface area contributed by atoms with Crippen molar-refractivity contribution in [2.75, 3.05) is 0 Å². The Morgan fingerprint density at radius 3 is 2.67 bits per heavy atom. The molecule has 1 aromatic heterocycles. The molecule has 3 heteroatoms. The largest absolute Gasteiger partial charge is 0.460 e. The molecule has 0 aliphatic rings. The van der Waals surface area contributed by atoms with Gasteiger partial charge < -0.3 is 9.30 Å². The van der Waals surface area contributed by atoms with Gasteiger partial charge in [0.25, 0.3) is 0 Å². The van der Waals surface area contributed by atoms with Crippen molar-refractivity contribution in [1.29, 1.82) is 0 Å². The summed E-state index contributed by atoms with van der Waals surface area (Å²) < 4.78 is 7.38. The lowest BCUT2D eigenvalue weighted by Crippen LogP contribution is -2.24. The molecule has 0 spiro atoms. The third-order valence-electron chi connectivity index (χ3n) is 2.72. The van der Waals surface area contributed by atoms with E-state index >= 15 is 0 Å². The van der Waals surface area contributed by atoms with Crippen LogP contribution < -0.4 is 0 Å². The molecule has 1 heterocycles. The fourth-order valence-corrected chi connectivity index (χ4v) is 1.99. The van der Waals surface area contributed by atoms with Crippen LogP contribution in [-0.4, -0.2) is 16.1 Å². The lowest BCUT2D eigenvalue weighted by molar-refractivity contribution is -0.153. The Balaban J connectivity index is 2.15. The summed E-state index contributed by atoms with van der Waals surface area (Å²) in [6.45, 7) is 5.64. The minimum Gasteiger partial charge on any atom is -0.460 e. The first-order chi connectivity index (χ1) is 8.35. The summed E-state index contributed by atoms with van der Waals surface area (Å²) in [5, 5.41) is 1.15. The van der Waals surface area contributed by atoms with E-state index in [1.54, 1.807) is 0 Å². The highest BCUT2D eigenvalue weighted by molar-refractivity contribution is 5.82. The molecule has 0 N–H and O–H groups in total. The van der Waals surface area contributed by atoms with Gasteiger partial charge >= 0.3 is 5.97 Å². The number of fused-ring (bicyclic) bond motifs is 1. The zero-order valence-electron chi connectivity index (χ0n) is 11.4. The first-order valence-corrected chi connectivity index (χ1v) is 6.11. The normalized spacial score (nSPS) is 11.8. The predicted octanol–water partition coefficient (Wildman–Crippen LogP) is 3.06. The number of aromatic nitrogens is 1. The van der Waals surface area contributed by atoms with E-state index < -0.39 is 5.60 Å². The predicted molar refractivity (Wildman–Crippen MR) is 72.5 cm³/mol. The first kappa shape index (κ1) is 12.7. The van der Waals surface area contributed by atoms with Gasteiger partial charge in [0.15, 0.2) is 0 Å². The summed E-state index contributed by atoms with van der Waals surface area (Å²) in [5.74, 6) is -0.183. The number of esters is 1. The molecule has 3 nitrogen and oxygen atoms in total. The van der Waals surface area contributed by atoms with Crippen molar-refractivity contribution < 1.29 is 9.53 Å². The van der Waals surface area contributed by atoms with Gasteiger partial charge in [0.1, 0.15) is 5.60 Å². The number of carbonyl (C=O) groups is 1. The van der Waals surface area contributed by atoms with Gasteiger partial charge in [0.05, 0.1) is 6.42 Å². The monoisotopic (exact) mass is 245 g/mol. The average molecular weight is 245 g/mol. The number of hydrogen-bond acceptors (Lipinski definition) is 2. The van der Waals surface area contributed by atoms with Crippen molar-refractivity contribution in [2.45, 2.75) is 32.8 Å². The Kier molecular flexibility index (Phi) is 3.16. The summed E-state index contributed by atoms with van der Waals surface area (Å²) >= 11 is 0. The van der Waals surface area contributed by atoms with E-state index in [9.17, 15) is 4.79 Å². The lowest BCUT2D eigenvalue weighted by Gasteiger charge is -2.19. The van der Waals surface area contributed by atoms with Gasteiger partial charge in [0.2, 0.25) is 0 Å². The van der Waals surface area contributed by atoms with E-state index in [1.165, 1.54) is 5.52 Å². The molecule has 0 atom stereocenters. The Hall–Kier alpha value is -1.77. The third-order valence-corrected chi connectivity index (χ3v) is 2.72. The summed E-state index contributed by atoms with van der Waals surface area (Å²) in [4.78, 5) is 11.7. The highest BCUT2D eigenvalue weighted by atomic mass is 16.6. The summed E-state index contributed by atoms with van der Waals surface area (Å²) in [7, 11) is 2.01. The number of ether oxygens (including phenoxy) is 1. The molecule has 0 amide bonds. The SMILES string of the molecule is Cn1ccc2cc(CC(=O)OC(C)(C)C)ccc21. The zero-order chi connectivity index (χ0) is 13.3. The van der Waals surface area contributed by atoms with Gasteiger partial charge in [-0.05, 0) is 49.9 Å². The van der Waals surface area contributed by atoms with Gasteiger partial charge in [-0.1, -0.05) is 6.07 Å². The Bertz CT molecular complexity index is 576. The maximum atomic E-state index is 11.7. The second kappa shape index (κ2) is 4.48. The Morgan fingerprint density at radius 1 is 1.28 bits per heavy atom. The quantitative estimate of drug-likeness (QED) is 0.761. The van der Waals surface area contributed by atoms with Crippen LogP contribution in [0.4, 0.5) is 0 Å². The molecule has 0 bridgehead atoms. The Labute approximate surface area is 107 Å². The fraction of sp³-hybridized carbons (Fsp3) is 0.400. The average Bonchev–Trinajstić information content (AvgIpc) is 2.57. The van der Waals surface area contributed by atoms with E-state index in [4.69, 9.17) is 4.74 Å². The fourth-order valence-electron chi connectivity index (χ4n) is 1.99. The van der Waals surface area contributed by atoms with Crippen LogP contribution in [0.3, 0.4) is 0 Å².